The zero-order valence-electron chi connectivity index (χ0n) is 28.1. The fraction of sp³-hybridized carbons (Fsp3) is 0.743. The van der Waals surface area contributed by atoms with E-state index in [1.54, 1.807) is 23.5 Å². The molecule has 0 unspecified atom stereocenters. The zero-order chi connectivity index (χ0) is 31.0. The Bertz CT molecular complexity index is 984. The van der Waals surface area contributed by atoms with Gasteiger partial charge >= 0.3 is 0 Å². The topological polar surface area (TPSA) is 70.9 Å². The molecule has 2 rings (SSSR count). The molecule has 0 amide bonds. The highest BCUT2D eigenvalue weighted by molar-refractivity contribution is 7.99. The third-order valence-corrected chi connectivity index (χ3v) is 10.5. The second-order valence-corrected chi connectivity index (χ2v) is 15.1. The fourth-order valence-electron chi connectivity index (χ4n) is 4.86. The van der Waals surface area contributed by atoms with Crippen LogP contribution in [0.25, 0.3) is 0 Å². The molecule has 0 aliphatic heterocycles. The Morgan fingerprint density at radius 2 is 1.02 bits per heavy atom. The SMILES string of the molecule is CCCCCCCCSc1nc(Nc2cc(C(C)(C)CC)c(O)c(C(C)(C)CC)c2)nc(SCCCCCCCC)n1. The monoisotopic (exact) mass is 616 g/mol. The molecule has 0 atom stereocenters. The number of anilines is 2. The predicted molar refractivity (Wildman–Crippen MR) is 186 cm³/mol. The van der Waals surface area contributed by atoms with Gasteiger partial charge in [-0.25, -0.2) is 0 Å². The quantitative estimate of drug-likeness (QED) is 0.0774. The second-order valence-electron chi connectivity index (χ2n) is 13.0. The number of aromatic nitrogens is 3. The van der Waals surface area contributed by atoms with Crippen molar-refractivity contribution in [3.05, 3.63) is 23.3 Å². The van der Waals surface area contributed by atoms with Gasteiger partial charge in [0.2, 0.25) is 5.95 Å². The van der Waals surface area contributed by atoms with Crippen molar-refractivity contribution in [3.8, 4) is 5.75 Å². The van der Waals surface area contributed by atoms with Gasteiger partial charge in [0.15, 0.2) is 10.3 Å². The van der Waals surface area contributed by atoms with Gasteiger partial charge in [-0.3, -0.25) is 0 Å². The van der Waals surface area contributed by atoms with Crippen LogP contribution in [0.4, 0.5) is 11.6 Å². The first-order chi connectivity index (χ1) is 20.1. The molecule has 0 aliphatic carbocycles. The van der Waals surface area contributed by atoms with E-state index in [1.165, 1.54) is 77.0 Å². The van der Waals surface area contributed by atoms with Crippen LogP contribution in [0.1, 0.15) is 156 Å². The summed E-state index contributed by atoms with van der Waals surface area (Å²) in [5, 5.41) is 16.5. The van der Waals surface area contributed by atoms with Gasteiger partial charge in [0.1, 0.15) is 5.75 Å². The molecule has 0 fully saturated rings. The predicted octanol–water partition coefficient (Wildman–Crippen LogP) is 11.6. The Morgan fingerprint density at radius 1 is 0.619 bits per heavy atom. The third-order valence-electron chi connectivity index (χ3n) is 8.64. The Balaban J connectivity index is 2.28. The number of rotatable bonds is 22. The number of phenolic OH excluding ortho intramolecular Hbond substituents is 1. The molecular formula is C35H60N4OS2. The number of hydrogen-bond acceptors (Lipinski definition) is 7. The number of unbranched alkanes of at least 4 members (excludes halogenated alkanes) is 10. The van der Waals surface area contributed by atoms with Crippen molar-refractivity contribution >= 4 is 35.2 Å². The molecule has 7 heteroatoms. The van der Waals surface area contributed by atoms with Gasteiger partial charge in [-0.05, 0) is 48.6 Å². The van der Waals surface area contributed by atoms with E-state index in [2.05, 4.69) is 72.8 Å². The molecule has 42 heavy (non-hydrogen) atoms. The Hall–Kier alpha value is -1.47. The Morgan fingerprint density at radius 3 is 1.43 bits per heavy atom. The number of benzene rings is 1. The summed E-state index contributed by atoms with van der Waals surface area (Å²) in [4.78, 5) is 14.6. The summed E-state index contributed by atoms with van der Waals surface area (Å²) in [7, 11) is 0. The standard InChI is InChI=1S/C35H60N4OS2/c1-9-13-15-17-19-21-23-41-32-37-31(38-33(39-32)42-24-22-20-18-16-14-10-2)36-27-25-28(34(5,6)11-3)30(40)29(26-27)35(7,8)12-4/h25-26,40H,9-24H2,1-8H3,(H,36,37,38,39). The summed E-state index contributed by atoms with van der Waals surface area (Å²) >= 11 is 3.49. The molecule has 2 N–H and O–H groups in total. The van der Waals surface area contributed by atoms with Gasteiger partial charge in [0, 0.05) is 28.3 Å². The molecule has 2 aromatic rings. The fourth-order valence-corrected chi connectivity index (χ4v) is 6.59. The van der Waals surface area contributed by atoms with Crippen LogP contribution < -0.4 is 5.32 Å². The van der Waals surface area contributed by atoms with Crippen molar-refractivity contribution in [1.29, 1.82) is 0 Å². The highest BCUT2D eigenvalue weighted by Gasteiger charge is 2.30. The van der Waals surface area contributed by atoms with Gasteiger partial charge in [-0.15, -0.1) is 0 Å². The van der Waals surface area contributed by atoms with Crippen molar-refractivity contribution in [1.82, 2.24) is 15.0 Å². The van der Waals surface area contributed by atoms with Crippen molar-refractivity contribution in [2.45, 2.75) is 166 Å². The van der Waals surface area contributed by atoms with Gasteiger partial charge in [0.05, 0.1) is 0 Å². The number of phenols is 1. The number of thioether (sulfide) groups is 2. The maximum absolute atomic E-state index is 11.4. The molecule has 0 spiro atoms. The molecule has 0 bridgehead atoms. The third kappa shape index (κ3) is 12.3. The van der Waals surface area contributed by atoms with Crippen molar-refractivity contribution < 1.29 is 5.11 Å². The lowest BCUT2D eigenvalue weighted by Gasteiger charge is -2.31. The molecular weight excluding hydrogens is 557 g/mol. The van der Waals surface area contributed by atoms with E-state index in [-0.39, 0.29) is 10.8 Å². The van der Waals surface area contributed by atoms with Crippen LogP contribution in [0.15, 0.2) is 22.4 Å². The number of hydrogen-bond donors (Lipinski definition) is 2. The van der Waals surface area contributed by atoms with E-state index in [0.29, 0.717) is 11.7 Å². The molecule has 0 radical (unpaired) electrons. The summed E-state index contributed by atoms with van der Waals surface area (Å²) in [5.41, 5.74) is 2.54. The minimum Gasteiger partial charge on any atom is -0.507 e. The minimum absolute atomic E-state index is 0.157. The van der Waals surface area contributed by atoms with Gasteiger partial charge in [0.25, 0.3) is 0 Å². The van der Waals surface area contributed by atoms with Crippen molar-refractivity contribution in [3.63, 3.8) is 0 Å². The lowest BCUT2D eigenvalue weighted by Crippen LogP contribution is -2.21. The molecule has 1 aromatic heterocycles. The smallest absolute Gasteiger partial charge is 0.232 e. The van der Waals surface area contributed by atoms with Crippen molar-refractivity contribution in [2.75, 3.05) is 16.8 Å². The minimum atomic E-state index is -0.157. The first-order valence-corrected chi connectivity index (χ1v) is 18.7. The summed E-state index contributed by atoms with van der Waals surface area (Å²) < 4.78 is 0. The highest BCUT2D eigenvalue weighted by atomic mass is 32.2. The summed E-state index contributed by atoms with van der Waals surface area (Å²) in [5.74, 6) is 3.06. The molecule has 1 aromatic carbocycles. The van der Waals surface area contributed by atoms with E-state index in [9.17, 15) is 5.11 Å². The first kappa shape index (κ1) is 36.7. The summed E-state index contributed by atoms with van der Waals surface area (Å²) in [6.45, 7) is 17.7. The largest absolute Gasteiger partial charge is 0.507 e. The summed E-state index contributed by atoms with van der Waals surface area (Å²) in [6.07, 6.45) is 17.3. The molecule has 238 valence electrons. The number of nitrogens with zero attached hydrogens (tertiary/aromatic N) is 3. The highest BCUT2D eigenvalue weighted by Crippen LogP contribution is 2.44. The van der Waals surface area contributed by atoms with Crippen LogP contribution in [-0.2, 0) is 10.8 Å². The van der Waals surface area contributed by atoms with E-state index in [0.717, 1.165) is 51.5 Å². The van der Waals surface area contributed by atoms with Crippen LogP contribution in [0.5, 0.6) is 5.75 Å². The van der Waals surface area contributed by atoms with Crippen LogP contribution in [0, 0.1) is 0 Å². The van der Waals surface area contributed by atoms with E-state index >= 15 is 0 Å². The normalized spacial score (nSPS) is 12.2. The zero-order valence-corrected chi connectivity index (χ0v) is 29.7. The molecule has 0 saturated carbocycles. The maximum atomic E-state index is 11.4. The number of aromatic hydroxyl groups is 1. The van der Waals surface area contributed by atoms with Crippen LogP contribution in [0.2, 0.25) is 0 Å². The average molecular weight is 617 g/mol. The maximum Gasteiger partial charge on any atom is 0.232 e. The summed E-state index contributed by atoms with van der Waals surface area (Å²) in [6, 6.07) is 4.17. The first-order valence-electron chi connectivity index (χ1n) is 16.7. The lowest BCUT2D eigenvalue weighted by molar-refractivity contribution is 0.400. The Labute approximate surface area is 266 Å². The second kappa shape index (κ2) is 19.0. The van der Waals surface area contributed by atoms with Crippen LogP contribution in [0.3, 0.4) is 0 Å². The molecule has 0 saturated heterocycles. The van der Waals surface area contributed by atoms with Gasteiger partial charge < -0.3 is 10.4 Å². The number of nitrogens with one attached hydrogen (secondary N) is 1. The van der Waals surface area contributed by atoms with Crippen molar-refractivity contribution in [2.24, 2.45) is 0 Å². The van der Waals surface area contributed by atoms with Crippen LogP contribution in [-0.4, -0.2) is 31.6 Å². The molecule has 0 aliphatic rings. The van der Waals surface area contributed by atoms with Gasteiger partial charge in [-0.2, -0.15) is 15.0 Å². The van der Waals surface area contributed by atoms with E-state index < -0.39 is 0 Å². The molecule has 1 heterocycles. The van der Waals surface area contributed by atoms with Gasteiger partial charge in [-0.1, -0.05) is 143 Å². The Kier molecular flexibility index (Phi) is 16.6. The average Bonchev–Trinajstić information content (AvgIpc) is 2.96. The van der Waals surface area contributed by atoms with E-state index in [1.807, 2.05) is 0 Å². The van der Waals surface area contributed by atoms with Crippen LogP contribution >= 0.6 is 23.5 Å². The van der Waals surface area contributed by atoms with E-state index in [4.69, 9.17) is 15.0 Å². The lowest BCUT2D eigenvalue weighted by atomic mass is 9.75. The molecule has 5 nitrogen and oxygen atoms in total.